The number of hydrogen-bond donors (Lipinski definition) is 4. The molecule has 4 aliphatic rings. The normalized spacial score (nSPS) is 35.0. The number of hydrogen-bond acceptors (Lipinski definition) is 2. The largest absolute Gasteiger partial charge is 0.359 e. The Balaban J connectivity index is 1.12. The van der Waals surface area contributed by atoms with Crippen LogP contribution in [0, 0.1) is 23.7 Å². The molecule has 28 heavy (non-hydrogen) atoms. The van der Waals surface area contributed by atoms with Gasteiger partial charge in [0.1, 0.15) is 0 Å². The summed E-state index contributed by atoms with van der Waals surface area (Å²) in [6.45, 7) is 0. The van der Waals surface area contributed by atoms with E-state index >= 15 is 0 Å². The van der Waals surface area contributed by atoms with Crippen LogP contribution in [0.15, 0.2) is 24.3 Å². The van der Waals surface area contributed by atoms with Gasteiger partial charge < -0.3 is 21.3 Å². The zero-order valence-electron chi connectivity index (χ0n) is 16.2. The Kier molecular flexibility index (Phi) is 5.18. The van der Waals surface area contributed by atoms with Crippen LogP contribution < -0.4 is 21.3 Å². The molecule has 5 rings (SSSR count). The molecular weight excluding hydrogens is 384 g/mol. The molecule has 0 spiro atoms. The lowest BCUT2D eigenvalue weighted by Crippen LogP contribution is -2.41. The Morgan fingerprint density at radius 3 is 1.61 bits per heavy atom. The summed E-state index contributed by atoms with van der Waals surface area (Å²) in [6, 6.07) is 9.31. The second kappa shape index (κ2) is 7.79. The van der Waals surface area contributed by atoms with Gasteiger partial charge in [-0.3, -0.25) is 0 Å². The molecule has 4 nitrogen and oxygen atoms in total. The Morgan fingerprint density at radius 2 is 1.21 bits per heavy atom. The van der Waals surface area contributed by atoms with E-state index in [1.54, 1.807) is 0 Å². The fourth-order valence-corrected chi connectivity index (χ4v) is 6.73. The van der Waals surface area contributed by atoms with Crippen molar-refractivity contribution in [1.82, 2.24) is 10.6 Å². The molecule has 4 N–H and O–H groups in total. The summed E-state index contributed by atoms with van der Waals surface area (Å²) < 4.78 is 0. The molecule has 4 fully saturated rings. The van der Waals surface area contributed by atoms with E-state index in [1.807, 2.05) is 18.2 Å². The first-order chi connectivity index (χ1) is 13.6. The molecular formula is C22H30N4S2. The molecule has 4 bridgehead atoms. The van der Waals surface area contributed by atoms with Crippen LogP contribution in [-0.4, -0.2) is 22.3 Å². The van der Waals surface area contributed by atoms with Crippen LogP contribution in [-0.2, 0) is 0 Å². The van der Waals surface area contributed by atoms with E-state index in [9.17, 15) is 0 Å². The zero-order valence-corrected chi connectivity index (χ0v) is 17.9. The van der Waals surface area contributed by atoms with Crippen molar-refractivity contribution in [2.24, 2.45) is 23.7 Å². The van der Waals surface area contributed by atoms with Gasteiger partial charge in [-0.15, -0.1) is 0 Å². The number of nitrogens with one attached hydrogen (secondary N) is 4. The standard InChI is InChI=1S/C22H30N4S2/c27-21(25-19-10-13-4-6-15(19)8-13)23-17-2-1-3-18(12-17)24-22(28)26-20-11-14-5-7-16(20)9-14/h1-3,12-16,19-20H,4-11H2,(H2,23,25,27)(H2,24,26,28)/t13-,14-,15-,16-,19-,20-/m1/s1. The molecule has 0 saturated heterocycles. The van der Waals surface area contributed by atoms with Crippen molar-refractivity contribution < 1.29 is 0 Å². The molecule has 4 saturated carbocycles. The molecule has 4 aliphatic carbocycles. The Morgan fingerprint density at radius 1 is 0.714 bits per heavy atom. The van der Waals surface area contributed by atoms with Gasteiger partial charge in [0.05, 0.1) is 0 Å². The summed E-state index contributed by atoms with van der Waals surface area (Å²) >= 11 is 11.1. The monoisotopic (exact) mass is 414 g/mol. The van der Waals surface area contributed by atoms with Crippen LogP contribution in [0.25, 0.3) is 0 Å². The van der Waals surface area contributed by atoms with E-state index in [0.29, 0.717) is 12.1 Å². The van der Waals surface area contributed by atoms with Crippen LogP contribution in [0.2, 0.25) is 0 Å². The van der Waals surface area contributed by atoms with Crippen molar-refractivity contribution in [3.63, 3.8) is 0 Å². The van der Waals surface area contributed by atoms with Gasteiger partial charge >= 0.3 is 0 Å². The third-order valence-electron chi connectivity index (χ3n) is 7.49. The van der Waals surface area contributed by atoms with Gasteiger partial charge in [-0.05, 0) is 105 Å². The highest BCUT2D eigenvalue weighted by molar-refractivity contribution is 7.80. The van der Waals surface area contributed by atoms with E-state index in [-0.39, 0.29) is 0 Å². The fraction of sp³-hybridized carbons (Fsp3) is 0.636. The third-order valence-corrected chi connectivity index (χ3v) is 7.93. The van der Waals surface area contributed by atoms with E-state index in [4.69, 9.17) is 24.4 Å². The van der Waals surface area contributed by atoms with Crippen LogP contribution in [0.1, 0.15) is 51.4 Å². The van der Waals surface area contributed by atoms with Crippen molar-refractivity contribution in [3.05, 3.63) is 24.3 Å². The quantitative estimate of drug-likeness (QED) is 0.539. The number of anilines is 2. The Hall–Kier alpha value is -1.40. The fourth-order valence-electron chi connectivity index (χ4n) is 6.19. The van der Waals surface area contributed by atoms with E-state index in [1.165, 1.54) is 51.4 Å². The molecule has 1 aromatic rings. The van der Waals surface area contributed by atoms with Gasteiger partial charge in [-0.2, -0.15) is 0 Å². The van der Waals surface area contributed by atoms with Gasteiger partial charge in [0, 0.05) is 23.5 Å². The molecule has 0 radical (unpaired) electrons. The maximum atomic E-state index is 5.56. The van der Waals surface area contributed by atoms with Crippen LogP contribution in [0.4, 0.5) is 11.4 Å². The first kappa shape index (κ1) is 18.6. The van der Waals surface area contributed by atoms with Crippen molar-refractivity contribution in [2.75, 3.05) is 10.6 Å². The van der Waals surface area contributed by atoms with Gasteiger partial charge in [-0.25, -0.2) is 0 Å². The first-order valence-electron chi connectivity index (χ1n) is 10.9. The minimum Gasteiger partial charge on any atom is -0.359 e. The molecule has 0 heterocycles. The summed E-state index contributed by atoms with van der Waals surface area (Å²) in [6.07, 6.45) is 10.8. The SMILES string of the molecule is S=C(Nc1cccc(NC(=S)N[C@@H]2C[C@@H]3CC[C@@H]2C3)c1)N[C@@H]1C[C@@H]2CC[C@@H]1C2. The van der Waals surface area contributed by atoms with E-state index in [2.05, 4.69) is 27.3 Å². The lowest BCUT2D eigenvalue weighted by Gasteiger charge is -2.25. The Bertz CT molecular complexity index is 707. The predicted octanol–water partition coefficient (Wildman–Crippen LogP) is 4.64. The molecule has 6 atom stereocenters. The first-order valence-corrected chi connectivity index (χ1v) is 11.7. The Labute approximate surface area is 178 Å². The second-order valence-corrected chi connectivity index (χ2v) is 10.2. The number of benzene rings is 1. The number of thiocarbonyl (C=S) groups is 2. The van der Waals surface area contributed by atoms with Gasteiger partial charge in [-0.1, -0.05) is 18.9 Å². The highest BCUT2D eigenvalue weighted by Crippen LogP contribution is 2.45. The molecule has 6 heteroatoms. The lowest BCUT2D eigenvalue weighted by atomic mass is 9.95. The maximum absolute atomic E-state index is 5.56. The molecule has 0 unspecified atom stereocenters. The molecule has 150 valence electrons. The highest BCUT2D eigenvalue weighted by atomic mass is 32.1. The number of fused-ring (bicyclic) bond motifs is 4. The van der Waals surface area contributed by atoms with Gasteiger partial charge in [0.2, 0.25) is 0 Å². The smallest absolute Gasteiger partial charge is 0.171 e. The molecule has 0 amide bonds. The predicted molar refractivity (Wildman–Crippen MR) is 124 cm³/mol. The van der Waals surface area contributed by atoms with Crippen LogP contribution in [0.3, 0.4) is 0 Å². The lowest BCUT2D eigenvalue weighted by molar-refractivity contribution is 0.392. The van der Waals surface area contributed by atoms with Gasteiger partial charge in [0.25, 0.3) is 0 Å². The van der Waals surface area contributed by atoms with E-state index < -0.39 is 0 Å². The average Bonchev–Trinajstić information content (AvgIpc) is 3.43. The third kappa shape index (κ3) is 3.99. The van der Waals surface area contributed by atoms with Gasteiger partial charge in [0.15, 0.2) is 10.2 Å². The summed E-state index contributed by atoms with van der Waals surface area (Å²) in [5.41, 5.74) is 1.99. The van der Waals surface area contributed by atoms with E-state index in [0.717, 1.165) is 45.3 Å². The minimum atomic E-state index is 0.554. The van der Waals surface area contributed by atoms with Crippen LogP contribution in [0.5, 0.6) is 0 Å². The number of rotatable bonds is 4. The van der Waals surface area contributed by atoms with Crippen molar-refractivity contribution in [1.29, 1.82) is 0 Å². The van der Waals surface area contributed by atoms with Crippen molar-refractivity contribution in [2.45, 2.75) is 63.5 Å². The summed E-state index contributed by atoms with van der Waals surface area (Å²) in [4.78, 5) is 0. The molecule has 1 aromatic carbocycles. The summed E-state index contributed by atoms with van der Waals surface area (Å²) in [5, 5.41) is 15.3. The van der Waals surface area contributed by atoms with Crippen molar-refractivity contribution >= 4 is 46.0 Å². The average molecular weight is 415 g/mol. The maximum Gasteiger partial charge on any atom is 0.171 e. The van der Waals surface area contributed by atoms with Crippen molar-refractivity contribution in [3.8, 4) is 0 Å². The van der Waals surface area contributed by atoms with Crippen LogP contribution >= 0.6 is 24.4 Å². The summed E-state index contributed by atoms with van der Waals surface area (Å²) in [7, 11) is 0. The molecule has 0 aromatic heterocycles. The second-order valence-electron chi connectivity index (χ2n) is 9.34. The zero-order chi connectivity index (χ0) is 19.1. The molecule has 0 aliphatic heterocycles. The minimum absolute atomic E-state index is 0.554. The highest BCUT2D eigenvalue weighted by Gasteiger charge is 2.40. The summed E-state index contributed by atoms with van der Waals surface area (Å²) in [5.74, 6) is 3.46. The topological polar surface area (TPSA) is 48.1 Å².